The average Bonchev–Trinajstić information content (AvgIpc) is 2.72. The zero-order chi connectivity index (χ0) is 18.9. The molecule has 0 unspecified atom stereocenters. The molecule has 0 bridgehead atoms. The van der Waals surface area contributed by atoms with Gasteiger partial charge in [-0.1, -0.05) is 37.5 Å². The van der Waals surface area contributed by atoms with E-state index in [0.717, 1.165) is 39.0 Å². The van der Waals surface area contributed by atoms with Crippen LogP contribution in [0.5, 0.6) is 0 Å². The fraction of sp³-hybridized carbons (Fsp3) is 0.619. The molecule has 2 aliphatic rings. The molecule has 1 aromatic carbocycles. The second-order valence-corrected chi connectivity index (χ2v) is 7.54. The highest BCUT2D eigenvalue weighted by Crippen LogP contribution is 2.17. The van der Waals surface area contributed by atoms with Crippen LogP contribution in [-0.2, 0) is 4.79 Å². The first-order valence-corrected chi connectivity index (χ1v) is 10.3. The van der Waals surface area contributed by atoms with Gasteiger partial charge in [-0.15, -0.1) is 0 Å². The van der Waals surface area contributed by atoms with Gasteiger partial charge in [0.15, 0.2) is 0 Å². The van der Waals surface area contributed by atoms with Gasteiger partial charge in [0.25, 0.3) is 0 Å². The summed E-state index contributed by atoms with van der Waals surface area (Å²) < 4.78 is 0. The van der Waals surface area contributed by atoms with Crippen molar-refractivity contribution in [3.8, 4) is 0 Å². The standard InChI is InChI=1S/C21H32N4O2/c26-20(12-7-13-22-21(27)23-18-8-3-1-4-9-18)25-16-14-24(15-17-25)19-10-5-2-6-11-19/h2,5-6,10-11,18H,1,3-4,7-9,12-17H2,(H2,22,23,27). The van der Waals surface area contributed by atoms with Gasteiger partial charge in [0, 0.05) is 50.9 Å². The van der Waals surface area contributed by atoms with E-state index < -0.39 is 0 Å². The minimum Gasteiger partial charge on any atom is -0.368 e. The molecular weight excluding hydrogens is 340 g/mol. The molecule has 1 aliphatic heterocycles. The number of hydrogen-bond acceptors (Lipinski definition) is 3. The highest BCUT2D eigenvalue weighted by molar-refractivity contribution is 5.77. The van der Waals surface area contributed by atoms with E-state index in [1.54, 1.807) is 0 Å². The molecule has 3 rings (SSSR count). The number of anilines is 1. The minimum atomic E-state index is -0.0918. The van der Waals surface area contributed by atoms with Crippen molar-refractivity contribution in [2.75, 3.05) is 37.6 Å². The SMILES string of the molecule is O=C(NCCCC(=O)N1CCN(c2ccccc2)CC1)NC1CCCCC1. The van der Waals surface area contributed by atoms with E-state index in [-0.39, 0.29) is 11.9 Å². The molecule has 6 nitrogen and oxygen atoms in total. The molecule has 1 aromatic rings. The van der Waals surface area contributed by atoms with Crippen LogP contribution in [0.2, 0.25) is 0 Å². The number of amides is 3. The molecular formula is C21H32N4O2. The van der Waals surface area contributed by atoms with Gasteiger partial charge in [0.05, 0.1) is 0 Å². The maximum absolute atomic E-state index is 12.4. The zero-order valence-electron chi connectivity index (χ0n) is 16.2. The lowest BCUT2D eigenvalue weighted by Gasteiger charge is -2.36. The van der Waals surface area contributed by atoms with Gasteiger partial charge in [0.1, 0.15) is 0 Å². The van der Waals surface area contributed by atoms with E-state index in [4.69, 9.17) is 0 Å². The van der Waals surface area contributed by atoms with Crippen LogP contribution in [-0.4, -0.2) is 55.6 Å². The number of hydrogen-bond donors (Lipinski definition) is 2. The molecule has 1 saturated heterocycles. The van der Waals surface area contributed by atoms with Crippen LogP contribution >= 0.6 is 0 Å². The summed E-state index contributed by atoms with van der Waals surface area (Å²) in [5.41, 5.74) is 1.22. The van der Waals surface area contributed by atoms with Crippen LogP contribution in [0.3, 0.4) is 0 Å². The Bertz CT molecular complexity index is 593. The number of para-hydroxylation sites is 1. The lowest BCUT2D eigenvalue weighted by molar-refractivity contribution is -0.131. The van der Waals surface area contributed by atoms with Crippen molar-refractivity contribution in [2.45, 2.75) is 51.0 Å². The van der Waals surface area contributed by atoms with E-state index in [2.05, 4.69) is 27.7 Å². The molecule has 3 amide bonds. The average molecular weight is 373 g/mol. The number of benzene rings is 1. The van der Waals surface area contributed by atoms with Crippen molar-refractivity contribution in [2.24, 2.45) is 0 Å². The molecule has 6 heteroatoms. The Labute approximate surface area is 162 Å². The predicted molar refractivity (Wildman–Crippen MR) is 108 cm³/mol. The molecule has 1 aliphatic carbocycles. The van der Waals surface area contributed by atoms with Gasteiger partial charge in [-0.3, -0.25) is 4.79 Å². The van der Waals surface area contributed by atoms with Crippen LogP contribution < -0.4 is 15.5 Å². The number of rotatable bonds is 6. The van der Waals surface area contributed by atoms with Gasteiger partial charge in [-0.2, -0.15) is 0 Å². The van der Waals surface area contributed by atoms with Gasteiger partial charge >= 0.3 is 6.03 Å². The number of nitrogens with one attached hydrogen (secondary N) is 2. The summed E-state index contributed by atoms with van der Waals surface area (Å²) in [5.74, 6) is 0.192. The minimum absolute atomic E-state index is 0.0918. The second-order valence-electron chi connectivity index (χ2n) is 7.54. The lowest BCUT2D eigenvalue weighted by atomic mass is 9.96. The van der Waals surface area contributed by atoms with E-state index in [1.807, 2.05) is 23.1 Å². The summed E-state index contributed by atoms with van der Waals surface area (Å²) in [6.45, 7) is 3.83. The molecule has 27 heavy (non-hydrogen) atoms. The summed E-state index contributed by atoms with van der Waals surface area (Å²) in [5, 5.41) is 5.93. The Morgan fingerprint density at radius 3 is 2.37 bits per heavy atom. The van der Waals surface area contributed by atoms with Crippen molar-refractivity contribution in [1.29, 1.82) is 0 Å². The third-order valence-electron chi connectivity index (χ3n) is 5.55. The van der Waals surface area contributed by atoms with Crippen LogP contribution in [0, 0.1) is 0 Å². The second kappa shape index (κ2) is 10.2. The first-order valence-electron chi connectivity index (χ1n) is 10.3. The number of carbonyl (C=O) groups is 2. The Kier molecular flexibility index (Phi) is 7.36. The third kappa shape index (κ3) is 6.15. The summed E-state index contributed by atoms with van der Waals surface area (Å²) in [4.78, 5) is 28.6. The van der Waals surface area contributed by atoms with Gasteiger partial charge in [-0.05, 0) is 31.4 Å². The van der Waals surface area contributed by atoms with Crippen molar-refractivity contribution in [1.82, 2.24) is 15.5 Å². The maximum atomic E-state index is 12.4. The highest BCUT2D eigenvalue weighted by atomic mass is 16.2. The Morgan fingerprint density at radius 1 is 0.963 bits per heavy atom. The van der Waals surface area contributed by atoms with Crippen molar-refractivity contribution >= 4 is 17.6 Å². The van der Waals surface area contributed by atoms with Crippen LogP contribution in [0.15, 0.2) is 30.3 Å². The highest BCUT2D eigenvalue weighted by Gasteiger charge is 2.21. The maximum Gasteiger partial charge on any atom is 0.315 e. The number of urea groups is 1. The van der Waals surface area contributed by atoms with E-state index in [9.17, 15) is 9.59 Å². The number of carbonyl (C=O) groups excluding carboxylic acids is 2. The Hall–Kier alpha value is -2.24. The first kappa shape index (κ1) is 19.5. The normalized spacial score (nSPS) is 18.2. The van der Waals surface area contributed by atoms with E-state index >= 15 is 0 Å². The van der Waals surface area contributed by atoms with Crippen LogP contribution in [0.25, 0.3) is 0 Å². The fourth-order valence-electron chi connectivity index (χ4n) is 3.94. The first-order chi connectivity index (χ1) is 13.2. The molecule has 0 aromatic heterocycles. The van der Waals surface area contributed by atoms with E-state index in [0.29, 0.717) is 25.4 Å². The fourth-order valence-corrected chi connectivity index (χ4v) is 3.94. The van der Waals surface area contributed by atoms with Gasteiger partial charge < -0.3 is 20.4 Å². The summed E-state index contributed by atoms with van der Waals surface area (Å²) in [6.07, 6.45) is 7.04. The number of nitrogens with zero attached hydrogens (tertiary/aromatic N) is 2. The smallest absolute Gasteiger partial charge is 0.315 e. The van der Waals surface area contributed by atoms with E-state index in [1.165, 1.54) is 24.9 Å². The molecule has 1 heterocycles. The summed E-state index contributed by atoms with van der Waals surface area (Å²) in [6, 6.07) is 10.6. The molecule has 2 N–H and O–H groups in total. The molecule has 0 spiro atoms. The predicted octanol–water partition coefficient (Wildman–Crippen LogP) is 2.75. The molecule has 2 fully saturated rings. The largest absolute Gasteiger partial charge is 0.368 e. The van der Waals surface area contributed by atoms with Crippen LogP contribution in [0.1, 0.15) is 44.9 Å². The molecule has 148 valence electrons. The number of piperazine rings is 1. The van der Waals surface area contributed by atoms with Crippen molar-refractivity contribution < 1.29 is 9.59 Å². The van der Waals surface area contributed by atoms with Crippen molar-refractivity contribution in [3.63, 3.8) is 0 Å². The lowest BCUT2D eigenvalue weighted by Crippen LogP contribution is -2.49. The van der Waals surface area contributed by atoms with Gasteiger partial charge in [-0.25, -0.2) is 4.79 Å². The zero-order valence-corrected chi connectivity index (χ0v) is 16.2. The van der Waals surface area contributed by atoms with Gasteiger partial charge in [0.2, 0.25) is 5.91 Å². The topological polar surface area (TPSA) is 64.7 Å². The molecule has 0 radical (unpaired) electrons. The van der Waals surface area contributed by atoms with Crippen molar-refractivity contribution in [3.05, 3.63) is 30.3 Å². The summed E-state index contributed by atoms with van der Waals surface area (Å²) in [7, 11) is 0. The molecule has 0 atom stereocenters. The summed E-state index contributed by atoms with van der Waals surface area (Å²) >= 11 is 0. The molecule has 1 saturated carbocycles. The monoisotopic (exact) mass is 372 g/mol. The van der Waals surface area contributed by atoms with Crippen LogP contribution in [0.4, 0.5) is 10.5 Å². The Balaban J connectivity index is 1.28. The quantitative estimate of drug-likeness (QED) is 0.755. The Morgan fingerprint density at radius 2 is 1.67 bits per heavy atom. The third-order valence-corrected chi connectivity index (χ3v) is 5.55.